The normalized spacial score (nSPS) is 17.2. The monoisotopic (exact) mass is 375 g/mol. The molecule has 1 aliphatic rings. The second kappa shape index (κ2) is 7.80. The van der Waals surface area contributed by atoms with E-state index in [1.54, 1.807) is 30.7 Å². The molecule has 1 amide bonds. The highest BCUT2D eigenvalue weighted by molar-refractivity contribution is 7.12. The first-order valence-electron chi connectivity index (χ1n) is 8.12. The fraction of sp³-hybridized carbons (Fsp3) is 0.263. The first kappa shape index (κ1) is 18.3. The minimum absolute atomic E-state index is 0.0834. The molecular formula is C19H18FNO4S. The number of halogens is 1. The Bertz CT molecular complexity index is 847. The zero-order chi connectivity index (χ0) is 18.7. The average Bonchev–Trinajstić information content (AvgIpc) is 3.25. The smallest absolute Gasteiger partial charge is 0.290 e. The maximum atomic E-state index is 14.5. The molecule has 1 aromatic carbocycles. The highest BCUT2D eigenvalue weighted by atomic mass is 32.1. The summed E-state index contributed by atoms with van der Waals surface area (Å²) in [5.41, 5.74) is 0.0992. The number of carbonyl (C=O) groups excluding carboxylic acids is 2. The first-order valence-corrected chi connectivity index (χ1v) is 9.00. The van der Waals surface area contributed by atoms with Crippen molar-refractivity contribution in [3.05, 3.63) is 69.4 Å². The lowest BCUT2D eigenvalue weighted by molar-refractivity contribution is -0.129. The lowest BCUT2D eigenvalue weighted by Gasteiger charge is -2.27. The van der Waals surface area contributed by atoms with Crippen molar-refractivity contribution in [3.63, 3.8) is 0 Å². The number of aliphatic hydroxyl groups excluding tert-OH is 1. The van der Waals surface area contributed by atoms with Crippen LogP contribution in [0.3, 0.4) is 0 Å². The number of benzene rings is 1. The molecule has 2 aromatic rings. The molecule has 5 nitrogen and oxygen atoms in total. The summed E-state index contributed by atoms with van der Waals surface area (Å²) in [6, 6.07) is 8.33. The number of thiophene rings is 1. The van der Waals surface area contributed by atoms with Crippen LogP contribution in [-0.2, 0) is 9.53 Å². The molecule has 0 radical (unpaired) electrons. The Morgan fingerprint density at radius 2 is 2.08 bits per heavy atom. The van der Waals surface area contributed by atoms with Crippen LogP contribution in [0.1, 0.15) is 27.7 Å². The summed E-state index contributed by atoms with van der Waals surface area (Å²) in [5.74, 6) is -2.29. The minimum atomic E-state index is -0.963. The molecule has 7 heteroatoms. The van der Waals surface area contributed by atoms with E-state index in [2.05, 4.69) is 0 Å². The Morgan fingerprint density at radius 3 is 2.73 bits per heavy atom. The van der Waals surface area contributed by atoms with E-state index in [0.29, 0.717) is 17.9 Å². The fourth-order valence-corrected chi connectivity index (χ4v) is 3.73. The molecule has 1 N–H and O–H groups in total. The Balaban J connectivity index is 2.05. The summed E-state index contributed by atoms with van der Waals surface area (Å²) >= 11 is 1.21. The number of Topliss-reactive ketones (excluding diaryl/α,β-unsaturated/α-hetero) is 1. The van der Waals surface area contributed by atoms with Gasteiger partial charge in [0.25, 0.3) is 5.91 Å². The summed E-state index contributed by atoms with van der Waals surface area (Å²) in [4.78, 5) is 27.2. The second-order valence-electron chi connectivity index (χ2n) is 5.84. The quantitative estimate of drug-likeness (QED) is 0.594. The molecule has 136 valence electrons. The molecule has 0 aliphatic carbocycles. The zero-order valence-electron chi connectivity index (χ0n) is 14.1. The van der Waals surface area contributed by atoms with Crippen LogP contribution in [0.4, 0.5) is 4.39 Å². The summed E-state index contributed by atoms with van der Waals surface area (Å²) in [6.07, 6.45) is 0.501. The van der Waals surface area contributed by atoms with Gasteiger partial charge in [-0.25, -0.2) is 4.39 Å². The van der Waals surface area contributed by atoms with Crippen molar-refractivity contribution >= 4 is 23.0 Å². The molecule has 26 heavy (non-hydrogen) atoms. The number of amides is 1. The van der Waals surface area contributed by atoms with Crippen LogP contribution in [0.5, 0.6) is 0 Å². The lowest BCUT2D eigenvalue weighted by atomic mass is 9.95. The maximum absolute atomic E-state index is 14.5. The van der Waals surface area contributed by atoms with E-state index in [1.807, 2.05) is 0 Å². The molecule has 1 aliphatic heterocycles. The van der Waals surface area contributed by atoms with Gasteiger partial charge in [0.2, 0.25) is 5.78 Å². The van der Waals surface area contributed by atoms with Gasteiger partial charge < -0.3 is 14.7 Å². The molecule has 1 atom stereocenters. The van der Waals surface area contributed by atoms with Crippen LogP contribution in [0.15, 0.2) is 53.1 Å². The zero-order valence-corrected chi connectivity index (χ0v) is 15.0. The van der Waals surface area contributed by atoms with Gasteiger partial charge in [0.15, 0.2) is 5.76 Å². The SMILES string of the molecule is COCCCN1C(=O)C(O)=C(C(=O)c2cccs2)[C@H]1c1ccccc1F. The van der Waals surface area contributed by atoms with Crippen LogP contribution in [0.2, 0.25) is 0 Å². The molecular weight excluding hydrogens is 357 g/mol. The molecule has 0 bridgehead atoms. The number of methoxy groups -OCH3 is 1. The van der Waals surface area contributed by atoms with Crippen LogP contribution in [0.25, 0.3) is 0 Å². The molecule has 0 fully saturated rings. The molecule has 0 unspecified atom stereocenters. The minimum Gasteiger partial charge on any atom is -0.503 e. The Morgan fingerprint density at radius 1 is 1.31 bits per heavy atom. The van der Waals surface area contributed by atoms with E-state index in [4.69, 9.17) is 4.74 Å². The van der Waals surface area contributed by atoms with Gasteiger partial charge in [0.1, 0.15) is 5.82 Å². The van der Waals surface area contributed by atoms with Gasteiger partial charge in [-0.1, -0.05) is 24.3 Å². The van der Waals surface area contributed by atoms with E-state index in [1.165, 1.54) is 34.4 Å². The summed E-state index contributed by atoms with van der Waals surface area (Å²) in [7, 11) is 1.54. The largest absolute Gasteiger partial charge is 0.503 e. The van der Waals surface area contributed by atoms with Crippen LogP contribution in [0, 0.1) is 5.82 Å². The molecule has 1 aromatic heterocycles. The van der Waals surface area contributed by atoms with E-state index in [9.17, 15) is 19.1 Å². The van der Waals surface area contributed by atoms with Crippen molar-refractivity contribution in [1.82, 2.24) is 4.90 Å². The average molecular weight is 375 g/mol. The third-order valence-electron chi connectivity index (χ3n) is 4.24. The van der Waals surface area contributed by atoms with Crippen LogP contribution in [-0.4, -0.2) is 42.0 Å². The third kappa shape index (κ3) is 3.27. The third-order valence-corrected chi connectivity index (χ3v) is 5.11. The number of rotatable bonds is 7. The topological polar surface area (TPSA) is 66.8 Å². The molecule has 0 saturated heterocycles. The van der Waals surface area contributed by atoms with Gasteiger partial charge in [-0.3, -0.25) is 9.59 Å². The summed E-state index contributed by atoms with van der Waals surface area (Å²) in [6.45, 7) is 0.639. The highest BCUT2D eigenvalue weighted by Gasteiger charge is 2.44. The Hall–Kier alpha value is -2.51. The van der Waals surface area contributed by atoms with Crippen LogP contribution >= 0.6 is 11.3 Å². The van der Waals surface area contributed by atoms with Gasteiger partial charge in [-0.2, -0.15) is 0 Å². The van der Waals surface area contributed by atoms with E-state index < -0.39 is 29.3 Å². The fourth-order valence-electron chi connectivity index (χ4n) is 3.06. The number of ketones is 1. The first-order chi connectivity index (χ1) is 12.6. The highest BCUT2D eigenvalue weighted by Crippen LogP contribution is 2.40. The molecule has 3 rings (SSSR count). The van der Waals surface area contributed by atoms with Crippen molar-refractivity contribution in [1.29, 1.82) is 0 Å². The number of ether oxygens (including phenoxy) is 1. The maximum Gasteiger partial charge on any atom is 0.290 e. The Labute approximate surface area is 154 Å². The van der Waals surface area contributed by atoms with Crippen molar-refractivity contribution in [3.8, 4) is 0 Å². The summed E-state index contributed by atoms with van der Waals surface area (Å²) in [5, 5.41) is 12.1. The summed E-state index contributed by atoms with van der Waals surface area (Å²) < 4.78 is 19.5. The predicted octanol–water partition coefficient (Wildman–Crippen LogP) is 3.50. The lowest BCUT2D eigenvalue weighted by Crippen LogP contribution is -2.33. The number of nitrogens with zero attached hydrogens (tertiary/aromatic N) is 1. The molecule has 2 heterocycles. The van der Waals surface area contributed by atoms with Gasteiger partial charge >= 0.3 is 0 Å². The number of carbonyl (C=O) groups is 2. The van der Waals surface area contributed by atoms with Gasteiger partial charge in [-0.05, 0) is 23.9 Å². The molecule has 0 saturated carbocycles. The van der Waals surface area contributed by atoms with E-state index >= 15 is 0 Å². The second-order valence-corrected chi connectivity index (χ2v) is 6.79. The molecule has 0 spiro atoms. The number of aliphatic hydroxyl groups is 1. The van der Waals surface area contributed by atoms with Crippen molar-refractivity contribution in [2.45, 2.75) is 12.5 Å². The predicted molar refractivity (Wildman–Crippen MR) is 95.7 cm³/mol. The van der Waals surface area contributed by atoms with E-state index in [0.717, 1.165) is 0 Å². The van der Waals surface area contributed by atoms with Gasteiger partial charge in [0, 0.05) is 25.8 Å². The van der Waals surface area contributed by atoms with E-state index in [-0.39, 0.29) is 17.7 Å². The Kier molecular flexibility index (Phi) is 5.49. The van der Waals surface area contributed by atoms with Crippen molar-refractivity contribution in [2.24, 2.45) is 0 Å². The number of hydrogen-bond acceptors (Lipinski definition) is 5. The van der Waals surface area contributed by atoms with Crippen LogP contribution < -0.4 is 0 Å². The van der Waals surface area contributed by atoms with Crippen molar-refractivity contribution in [2.75, 3.05) is 20.3 Å². The standard InChI is InChI=1S/C19H18FNO4S/c1-25-10-5-9-21-16(12-6-2-3-7-13(12)20)15(18(23)19(21)24)17(22)14-8-4-11-26-14/h2-4,6-8,11,16,23H,5,9-10H2,1H3/t16-/m1/s1. The van der Waals surface area contributed by atoms with Gasteiger partial charge in [-0.15, -0.1) is 11.3 Å². The van der Waals surface area contributed by atoms with Crippen molar-refractivity contribution < 1.29 is 23.8 Å². The number of hydrogen-bond donors (Lipinski definition) is 1. The van der Waals surface area contributed by atoms with Gasteiger partial charge in [0.05, 0.1) is 16.5 Å².